The Morgan fingerprint density at radius 3 is 0.636 bits per heavy atom. The molecular formula is C44H72. The first-order valence-electron chi connectivity index (χ1n) is 21.7. The summed E-state index contributed by atoms with van der Waals surface area (Å²) in [5.74, 6) is 18.1. The van der Waals surface area contributed by atoms with E-state index >= 15 is 0 Å². The summed E-state index contributed by atoms with van der Waals surface area (Å²) >= 11 is 0. The van der Waals surface area contributed by atoms with E-state index in [2.05, 4.69) is 0 Å². The lowest BCUT2D eigenvalue weighted by Crippen LogP contribution is -2.25. The number of hydrogen-bond acceptors (Lipinski definition) is 0. The van der Waals surface area contributed by atoms with Crippen molar-refractivity contribution in [2.45, 2.75) is 180 Å². The predicted octanol–water partition coefficient (Wildman–Crippen LogP) is 12.9. The molecule has 9 fully saturated rings. The SMILES string of the molecule is C(CC1CCC2CC2C1)C1CC(CCC2CCC3CC3C2)CC(CCC2CCC3CC3C2)CC(CCC2CCC3CC3C2)C1. The largest absolute Gasteiger partial charge is 0.0502 e. The lowest BCUT2D eigenvalue weighted by atomic mass is 9.68. The van der Waals surface area contributed by atoms with Crippen LogP contribution >= 0.6 is 0 Å². The van der Waals surface area contributed by atoms with Crippen molar-refractivity contribution in [2.75, 3.05) is 0 Å². The van der Waals surface area contributed by atoms with Crippen LogP contribution in [0.2, 0.25) is 0 Å². The molecule has 9 saturated carbocycles. The Morgan fingerprint density at radius 2 is 0.409 bits per heavy atom. The Hall–Kier alpha value is 0. The third kappa shape index (κ3) is 7.66. The molecule has 0 amide bonds. The Balaban J connectivity index is 0.849. The highest BCUT2D eigenvalue weighted by molar-refractivity contribution is 4.96. The van der Waals surface area contributed by atoms with Gasteiger partial charge in [0, 0.05) is 0 Å². The van der Waals surface area contributed by atoms with Crippen molar-refractivity contribution in [3.63, 3.8) is 0 Å². The quantitative estimate of drug-likeness (QED) is 0.209. The van der Waals surface area contributed by atoms with Gasteiger partial charge in [-0.2, -0.15) is 0 Å². The predicted molar refractivity (Wildman–Crippen MR) is 185 cm³/mol. The number of rotatable bonds is 12. The molecule has 0 aromatic carbocycles. The first-order valence-corrected chi connectivity index (χ1v) is 21.7. The fourth-order valence-corrected chi connectivity index (χ4v) is 13.9. The fraction of sp³-hybridized carbons (Fsp3) is 1.00. The van der Waals surface area contributed by atoms with Gasteiger partial charge in [-0.1, -0.05) is 77.0 Å². The second-order valence-electron chi connectivity index (χ2n) is 20.5. The summed E-state index contributed by atoms with van der Waals surface area (Å²) in [5.41, 5.74) is 0. The summed E-state index contributed by atoms with van der Waals surface area (Å²) < 4.78 is 0. The van der Waals surface area contributed by atoms with E-state index in [-0.39, 0.29) is 0 Å². The minimum absolute atomic E-state index is 1.08. The highest BCUT2D eigenvalue weighted by atomic mass is 14.5. The smallest absolute Gasteiger partial charge is 0.0380 e. The van der Waals surface area contributed by atoms with Gasteiger partial charge in [-0.05, 0) is 197 Å². The molecule has 0 aromatic rings. The third-order valence-electron chi connectivity index (χ3n) is 17.2. The fourth-order valence-electron chi connectivity index (χ4n) is 13.9. The van der Waals surface area contributed by atoms with E-state index in [0.29, 0.717) is 0 Å². The molecule has 0 heterocycles. The first kappa shape index (κ1) is 30.1. The molecule has 9 aliphatic rings. The minimum atomic E-state index is 1.08. The van der Waals surface area contributed by atoms with Crippen LogP contribution in [0.3, 0.4) is 0 Å². The standard InChI is InChI=1S/C44H72/c1(29-9-13-37-25-41(37)21-29)5-33-17-34(6-2-30-10-14-38-26-42(38)22-30)19-36(8-4-32-12-16-40-28-44(40)24-32)20-35(18-33)7-3-31-11-15-39-27-43(39)23-31/h29-44H,1-28H2. The molecule has 12 atom stereocenters. The lowest BCUT2D eigenvalue weighted by molar-refractivity contribution is 0.142. The van der Waals surface area contributed by atoms with Crippen molar-refractivity contribution in [3.05, 3.63) is 0 Å². The minimum Gasteiger partial charge on any atom is -0.0502 e. The molecule has 44 heavy (non-hydrogen) atoms. The van der Waals surface area contributed by atoms with E-state index in [1.165, 1.54) is 47.3 Å². The molecule has 248 valence electrons. The van der Waals surface area contributed by atoms with Crippen LogP contribution in [0.15, 0.2) is 0 Å². The number of hydrogen-bond donors (Lipinski definition) is 0. The third-order valence-corrected chi connectivity index (χ3v) is 17.2. The van der Waals surface area contributed by atoms with E-state index in [1.807, 2.05) is 0 Å². The summed E-state index contributed by atoms with van der Waals surface area (Å²) in [4.78, 5) is 0. The van der Waals surface area contributed by atoms with Gasteiger partial charge in [-0.3, -0.25) is 0 Å². The normalized spacial score (nSPS) is 52.4. The van der Waals surface area contributed by atoms with Crippen molar-refractivity contribution < 1.29 is 0 Å². The van der Waals surface area contributed by atoms with Gasteiger partial charge in [-0.25, -0.2) is 0 Å². The van der Waals surface area contributed by atoms with Gasteiger partial charge in [0.1, 0.15) is 0 Å². The molecule has 0 radical (unpaired) electrons. The Morgan fingerprint density at radius 1 is 0.182 bits per heavy atom. The molecule has 9 rings (SSSR count). The summed E-state index contributed by atoms with van der Waals surface area (Å²) in [6, 6.07) is 0. The van der Waals surface area contributed by atoms with Gasteiger partial charge in [0.05, 0.1) is 0 Å². The first-order chi connectivity index (χ1) is 21.7. The molecule has 0 N–H and O–H groups in total. The molecule has 0 nitrogen and oxygen atoms in total. The van der Waals surface area contributed by atoms with Crippen LogP contribution in [-0.4, -0.2) is 0 Å². The molecule has 12 unspecified atom stereocenters. The van der Waals surface area contributed by atoms with Gasteiger partial charge in [-0.15, -0.1) is 0 Å². The lowest BCUT2D eigenvalue weighted by Gasteiger charge is -2.37. The monoisotopic (exact) mass is 601 g/mol. The summed E-state index contributed by atoms with van der Waals surface area (Å²) in [7, 11) is 0. The average Bonchev–Trinajstić information content (AvgIpc) is 3.86. The van der Waals surface area contributed by atoms with Crippen molar-refractivity contribution in [1.29, 1.82) is 0 Å². The summed E-state index contributed by atoms with van der Waals surface area (Å²) in [6.07, 6.45) is 45.2. The maximum atomic E-state index is 1.64. The van der Waals surface area contributed by atoms with Crippen LogP contribution in [0.4, 0.5) is 0 Å². The molecule has 9 aliphatic carbocycles. The van der Waals surface area contributed by atoms with Gasteiger partial charge < -0.3 is 0 Å². The van der Waals surface area contributed by atoms with Crippen LogP contribution in [0.1, 0.15) is 180 Å². The number of fused-ring (bicyclic) bond motifs is 4. The zero-order valence-corrected chi connectivity index (χ0v) is 29.0. The van der Waals surface area contributed by atoms with Gasteiger partial charge in [0.15, 0.2) is 0 Å². The topological polar surface area (TPSA) is 0 Å². The van der Waals surface area contributed by atoms with E-state index < -0.39 is 0 Å². The highest BCUT2D eigenvalue weighted by Gasteiger charge is 2.45. The Labute approximate surface area is 273 Å². The van der Waals surface area contributed by atoms with Gasteiger partial charge in [0.25, 0.3) is 0 Å². The molecular weight excluding hydrogens is 528 g/mol. The zero-order valence-electron chi connectivity index (χ0n) is 29.0. The van der Waals surface area contributed by atoms with Crippen LogP contribution in [0, 0.1) is 94.7 Å². The van der Waals surface area contributed by atoms with Gasteiger partial charge in [0.2, 0.25) is 0 Å². The zero-order chi connectivity index (χ0) is 29.0. The van der Waals surface area contributed by atoms with Crippen molar-refractivity contribution >= 4 is 0 Å². The average molecular weight is 601 g/mol. The van der Waals surface area contributed by atoms with Crippen LogP contribution in [0.5, 0.6) is 0 Å². The second kappa shape index (κ2) is 13.1. The van der Waals surface area contributed by atoms with Crippen LogP contribution in [-0.2, 0) is 0 Å². The Bertz CT molecular complexity index is 790. The molecule has 0 spiro atoms. The molecule has 0 bridgehead atoms. The molecule has 0 heteroatoms. The van der Waals surface area contributed by atoms with E-state index in [4.69, 9.17) is 0 Å². The summed E-state index contributed by atoms with van der Waals surface area (Å²) in [5, 5.41) is 0. The Kier molecular flexibility index (Phi) is 8.98. The highest BCUT2D eigenvalue weighted by Crippen LogP contribution is 2.56. The van der Waals surface area contributed by atoms with Crippen molar-refractivity contribution in [1.82, 2.24) is 0 Å². The van der Waals surface area contributed by atoms with E-state index in [1.54, 1.807) is 180 Å². The summed E-state index contributed by atoms with van der Waals surface area (Å²) in [6.45, 7) is 0. The molecule has 0 aromatic heterocycles. The molecule has 0 aliphatic heterocycles. The van der Waals surface area contributed by atoms with Crippen LogP contribution in [0.25, 0.3) is 0 Å². The van der Waals surface area contributed by atoms with Crippen molar-refractivity contribution in [2.24, 2.45) is 94.7 Å². The van der Waals surface area contributed by atoms with Crippen molar-refractivity contribution in [3.8, 4) is 0 Å². The maximum absolute atomic E-state index is 1.64. The van der Waals surface area contributed by atoms with Crippen LogP contribution < -0.4 is 0 Å². The van der Waals surface area contributed by atoms with E-state index in [9.17, 15) is 0 Å². The molecule has 0 saturated heterocycles. The maximum Gasteiger partial charge on any atom is -0.0380 e. The second-order valence-corrected chi connectivity index (χ2v) is 20.5. The van der Waals surface area contributed by atoms with Gasteiger partial charge >= 0.3 is 0 Å². The van der Waals surface area contributed by atoms with E-state index in [0.717, 1.165) is 47.3 Å².